The van der Waals surface area contributed by atoms with Crippen LogP contribution in [-0.2, 0) is 11.3 Å². The monoisotopic (exact) mass is 315 g/mol. The molecule has 0 spiro atoms. The normalized spacial score (nSPS) is 10.8. The maximum Gasteiger partial charge on any atom is 0.306 e. The van der Waals surface area contributed by atoms with Gasteiger partial charge in [-0.2, -0.15) is 5.10 Å². The Hall–Kier alpha value is -3.23. The third kappa shape index (κ3) is 3.34. The predicted octanol–water partition coefficient (Wildman–Crippen LogP) is 2.27. The summed E-state index contributed by atoms with van der Waals surface area (Å²) in [6.07, 6.45) is 2.58. The molecule has 3 aromatic rings. The number of amides is 1. The Kier molecular flexibility index (Phi) is 3.75. The summed E-state index contributed by atoms with van der Waals surface area (Å²) in [5.41, 5.74) is 1.83. The molecule has 0 unspecified atom stereocenters. The Bertz CT molecular complexity index is 882. The van der Waals surface area contributed by atoms with Crippen LogP contribution in [0.5, 0.6) is 0 Å². The molecule has 0 aliphatic rings. The van der Waals surface area contributed by atoms with Gasteiger partial charge in [0.25, 0.3) is 0 Å². The van der Waals surface area contributed by atoms with Crippen LogP contribution >= 0.6 is 0 Å². The van der Waals surface area contributed by atoms with Gasteiger partial charge in [-0.1, -0.05) is 0 Å². The van der Waals surface area contributed by atoms with Gasteiger partial charge in [-0.3, -0.25) is 19.6 Å². The average Bonchev–Trinajstić information content (AvgIpc) is 3.10. The highest BCUT2D eigenvalue weighted by Crippen LogP contribution is 2.20. The van der Waals surface area contributed by atoms with Gasteiger partial charge < -0.3 is 9.73 Å². The van der Waals surface area contributed by atoms with Crippen LogP contribution in [-0.4, -0.2) is 25.6 Å². The van der Waals surface area contributed by atoms with Crippen LogP contribution in [0.2, 0.25) is 0 Å². The van der Waals surface area contributed by atoms with Crippen LogP contribution < -0.4 is 5.32 Å². The van der Waals surface area contributed by atoms with E-state index in [1.54, 1.807) is 25.1 Å². The maximum absolute atomic E-state index is 11.9. The van der Waals surface area contributed by atoms with Crippen molar-refractivity contribution in [1.29, 1.82) is 0 Å². The molecule has 2 heterocycles. The molecule has 1 N–H and O–H groups in total. The number of carbonyl (C=O) groups excluding carboxylic acids is 1. The van der Waals surface area contributed by atoms with Crippen LogP contribution in [0.25, 0.3) is 11.1 Å². The zero-order valence-corrected chi connectivity index (χ0v) is 12.2. The van der Waals surface area contributed by atoms with Gasteiger partial charge in [-0.15, -0.1) is 0 Å². The van der Waals surface area contributed by atoms with Gasteiger partial charge in [0.1, 0.15) is 17.9 Å². The minimum atomic E-state index is -0.530. The van der Waals surface area contributed by atoms with Crippen molar-refractivity contribution in [1.82, 2.24) is 14.8 Å². The number of rotatable bonds is 5. The quantitative estimate of drug-likeness (QED) is 0.570. The van der Waals surface area contributed by atoms with E-state index in [-0.39, 0.29) is 24.6 Å². The summed E-state index contributed by atoms with van der Waals surface area (Å²) < 4.78 is 6.77. The molecular weight excluding hydrogens is 302 g/mol. The fourth-order valence-corrected chi connectivity index (χ4v) is 2.13. The Balaban J connectivity index is 1.60. The smallest absolute Gasteiger partial charge is 0.306 e. The Morgan fingerprint density at radius 1 is 1.48 bits per heavy atom. The zero-order valence-electron chi connectivity index (χ0n) is 12.2. The fourth-order valence-electron chi connectivity index (χ4n) is 2.13. The molecule has 0 atom stereocenters. The number of fused-ring (bicyclic) bond motifs is 1. The second kappa shape index (κ2) is 5.87. The van der Waals surface area contributed by atoms with Crippen molar-refractivity contribution in [2.45, 2.75) is 19.9 Å². The number of nitro groups is 1. The van der Waals surface area contributed by atoms with Crippen LogP contribution in [0, 0.1) is 17.0 Å². The number of hydrogen-bond acceptors (Lipinski definition) is 6. The van der Waals surface area contributed by atoms with E-state index in [0.29, 0.717) is 17.2 Å². The highest BCUT2D eigenvalue weighted by atomic mass is 16.6. The zero-order chi connectivity index (χ0) is 16.4. The van der Waals surface area contributed by atoms with Crippen molar-refractivity contribution in [2.24, 2.45) is 0 Å². The summed E-state index contributed by atoms with van der Waals surface area (Å²) in [4.78, 5) is 26.1. The van der Waals surface area contributed by atoms with Crippen molar-refractivity contribution in [3.63, 3.8) is 0 Å². The number of aromatic nitrogens is 3. The molecule has 1 amide bonds. The average molecular weight is 315 g/mol. The summed E-state index contributed by atoms with van der Waals surface area (Å²) in [6.45, 7) is 2.00. The molecule has 0 aliphatic carbocycles. The molecule has 3 rings (SSSR count). The first-order chi connectivity index (χ1) is 11.0. The van der Waals surface area contributed by atoms with E-state index >= 15 is 0 Å². The lowest BCUT2D eigenvalue weighted by Crippen LogP contribution is -2.14. The SMILES string of the molecule is Cc1nc2ccc(NC(=O)CCn3cc([N+](=O)[O-])cn3)cc2o1. The summed E-state index contributed by atoms with van der Waals surface area (Å²) in [5, 5.41) is 17.1. The molecule has 0 saturated heterocycles. The minimum absolute atomic E-state index is 0.100. The Labute approximate surface area is 130 Å². The van der Waals surface area contributed by atoms with Crippen molar-refractivity contribution in [3.8, 4) is 0 Å². The van der Waals surface area contributed by atoms with E-state index in [9.17, 15) is 14.9 Å². The van der Waals surface area contributed by atoms with Gasteiger partial charge in [0, 0.05) is 31.6 Å². The first-order valence-electron chi connectivity index (χ1n) is 6.85. The van der Waals surface area contributed by atoms with E-state index in [0.717, 1.165) is 11.7 Å². The van der Waals surface area contributed by atoms with Crippen molar-refractivity contribution in [3.05, 3.63) is 46.6 Å². The maximum atomic E-state index is 11.9. The second-order valence-corrected chi connectivity index (χ2v) is 4.93. The van der Waals surface area contributed by atoms with Gasteiger partial charge in [0.2, 0.25) is 5.91 Å². The van der Waals surface area contributed by atoms with Gasteiger partial charge in [-0.25, -0.2) is 4.98 Å². The predicted molar refractivity (Wildman–Crippen MR) is 80.9 cm³/mol. The van der Waals surface area contributed by atoms with E-state index in [1.165, 1.54) is 10.9 Å². The van der Waals surface area contributed by atoms with Crippen LogP contribution in [0.1, 0.15) is 12.3 Å². The third-order valence-electron chi connectivity index (χ3n) is 3.18. The molecule has 0 bridgehead atoms. The number of benzene rings is 1. The van der Waals surface area contributed by atoms with Crippen molar-refractivity contribution < 1.29 is 14.1 Å². The first-order valence-corrected chi connectivity index (χ1v) is 6.85. The van der Waals surface area contributed by atoms with E-state index in [4.69, 9.17) is 4.42 Å². The highest BCUT2D eigenvalue weighted by Gasteiger charge is 2.10. The van der Waals surface area contributed by atoms with E-state index in [2.05, 4.69) is 15.4 Å². The molecule has 118 valence electrons. The van der Waals surface area contributed by atoms with E-state index in [1.807, 2.05) is 0 Å². The van der Waals surface area contributed by atoms with E-state index < -0.39 is 4.92 Å². The van der Waals surface area contributed by atoms with Crippen LogP contribution in [0.4, 0.5) is 11.4 Å². The topological polar surface area (TPSA) is 116 Å². The first kappa shape index (κ1) is 14.7. The largest absolute Gasteiger partial charge is 0.441 e. The number of nitrogens with one attached hydrogen (secondary N) is 1. The Morgan fingerprint density at radius 3 is 3.04 bits per heavy atom. The lowest BCUT2D eigenvalue weighted by atomic mass is 10.2. The highest BCUT2D eigenvalue weighted by molar-refractivity contribution is 5.92. The lowest BCUT2D eigenvalue weighted by Gasteiger charge is -2.05. The minimum Gasteiger partial charge on any atom is -0.441 e. The van der Waals surface area contributed by atoms with Gasteiger partial charge in [0.15, 0.2) is 11.5 Å². The van der Waals surface area contributed by atoms with Gasteiger partial charge in [-0.05, 0) is 12.1 Å². The molecule has 9 heteroatoms. The molecule has 2 aromatic heterocycles. The molecule has 0 aliphatic heterocycles. The summed E-state index contributed by atoms with van der Waals surface area (Å²) in [5.74, 6) is 0.336. The van der Waals surface area contributed by atoms with Crippen LogP contribution in [0.15, 0.2) is 35.0 Å². The number of carbonyl (C=O) groups is 1. The lowest BCUT2D eigenvalue weighted by molar-refractivity contribution is -0.385. The number of anilines is 1. The molecule has 0 fully saturated rings. The molecule has 0 radical (unpaired) electrons. The molecule has 1 aromatic carbocycles. The van der Waals surface area contributed by atoms with Crippen LogP contribution in [0.3, 0.4) is 0 Å². The molecule has 0 saturated carbocycles. The Morgan fingerprint density at radius 2 is 2.30 bits per heavy atom. The molecule has 9 nitrogen and oxygen atoms in total. The number of nitrogens with zero attached hydrogens (tertiary/aromatic N) is 4. The molecular formula is C14H13N5O4. The fraction of sp³-hybridized carbons (Fsp3) is 0.214. The third-order valence-corrected chi connectivity index (χ3v) is 3.18. The number of aryl methyl sites for hydroxylation is 2. The summed E-state index contributed by atoms with van der Waals surface area (Å²) in [6, 6.07) is 5.20. The van der Waals surface area contributed by atoms with Gasteiger partial charge in [0.05, 0.1) is 4.92 Å². The number of hydrogen-bond donors (Lipinski definition) is 1. The summed E-state index contributed by atoms with van der Waals surface area (Å²) >= 11 is 0. The number of oxazole rings is 1. The second-order valence-electron chi connectivity index (χ2n) is 4.93. The van der Waals surface area contributed by atoms with Crippen molar-refractivity contribution in [2.75, 3.05) is 5.32 Å². The summed E-state index contributed by atoms with van der Waals surface area (Å²) in [7, 11) is 0. The van der Waals surface area contributed by atoms with Crippen molar-refractivity contribution >= 4 is 28.4 Å². The van der Waals surface area contributed by atoms with Gasteiger partial charge >= 0.3 is 5.69 Å². The molecule has 23 heavy (non-hydrogen) atoms. The standard InChI is InChI=1S/C14H13N5O4/c1-9-16-12-3-2-10(6-13(12)23-9)17-14(20)4-5-18-8-11(7-15-18)19(21)22/h2-3,6-8H,4-5H2,1H3,(H,17,20).